The number of nitrogens with one attached hydrogen (secondary N) is 2. The van der Waals surface area contributed by atoms with Crippen LogP contribution in [-0.2, 0) is 16.3 Å². The molecule has 3 aromatic rings. The Bertz CT molecular complexity index is 1160. The Kier molecular flexibility index (Phi) is 8.05. The molecular formula is C22H20ClF3N6OS2. The Morgan fingerprint density at radius 3 is 2.46 bits per heavy atom. The van der Waals surface area contributed by atoms with Crippen LogP contribution in [0.2, 0.25) is 5.02 Å². The SMILES string of the molecule is FC(F)(F)c1cc(Sc2ncccn2)nc(NC(=S)NCC2(c3ccc(Cl)cc3)CCOCC2)n1. The summed E-state index contributed by atoms with van der Waals surface area (Å²) in [6, 6.07) is 10.1. The van der Waals surface area contributed by atoms with Gasteiger partial charge in [0.25, 0.3) is 0 Å². The predicted octanol–water partition coefficient (Wildman–Crippen LogP) is 5.12. The quantitative estimate of drug-likeness (QED) is 0.251. The Balaban J connectivity index is 1.50. The number of halogens is 4. The van der Waals surface area contributed by atoms with Crippen molar-refractivity contribution in [1.82, 2.24) is 25.3 Å². The van der Waals surface area contributed by atoms with E-state index in [1.807, 2.05) is 24.3 Å². The smallest absolute Gasteiger partial charge is 0.381 e. The minimum Gasteiger partial charge on any atom is -0.381 e. The van der Waals surface area contributed by atoms with Gasteiger partial charge in [0.1, 0.15) is 5.03 Å². The summed E-state index contributed by atoms with van der Waals surface area (Å²) in [5.41, 5.74) is -0.287. The fourth-order valence-corrected chi connectivity index (χ4v) is 4.64. The monoisotopic (exact) mass is 540 g/mol. The summed E-state index contributed by atoms with van der Waals surface area (Å²) >= 11 is 12.3. The zero-order valence-corrected chi connectivity index (χ0v) is 20.6. The number of nitrogens with zero attached hydrogens (tertiary/aromatic N) is 4. The molecule has 0 bridgehead atoms. The summed E-state index contributed by atoms with van der Waals surface area (Å²) in [4.78, 5) is 15.8. The molecule has 2 aromatic heterocycles. The van der Waals surface area contributed by atoms with Gasteiger partial charge in [0.2, 0.25) is 5.95 Å². The van der Waals surface area contributed by atoms with E-state index in [9.17, 15) is 13.2 Å². The van der Waals surface area contributed by atoms with Crippen LogP contribution < -0.4 is 10.6 Å². The van der Waals surface area contributed by atoms with E-state index in [2.05, 4.69) is 30.6 Å². The lowest BCUT2D eigenvalue weighted by Crippen LogP contribution is -2.45. The van der Waals surface area contributed by atoms with Crippen LogP contribution >= 0.6 is 35.6 Å². The van der Waals surface area contributed by atoms with E-state index in [-0.39, 0.29) is 26.7 Å². The van der Waals surface area contributed by atoms with E-state index in [1.165, 1.54) is 12.4 Å². The maximum atomic E-state index is 13.5. The van der Waals surface area contributed by atoms with Crippen molar-refractivity contribution < 1.29 is 17.9 Å². The van der Waals surface area contributed by atoms with Crippen LogP contribution in [0.25, 0.3) is 0 Å². The third-order valence-electron chi connectivity index (χ3n) is 5.45. The summed E-state index contributed by atoms with van der Waals surface area (Å²) in [5, 5.41) is 6.85. The number of ether oxygens (including phenoxy) is 1. The molecule has 0 unspecified atom stereocenters. The predicted molar refractivity (Wildman–Crippen MR) is 131 cm³/mol. The summed E-state index contributed by atoms with van der Waals surface area (Å²) in [7, 11) is 0. The molecule has 0 atom stereocenters. The van der Waals surface area contributed by atoms with Gasteiger partial charge in [-0.05, 0) is 60.6 Å². The van der Waals surface area contributed by atoms with Crippen LogP contribution in [0.5, 0.6) is 0 Å². The van der Waals surface area contributed by atoms with Gasteiger partial charge >= 0.3 is 6.18 Å². The minimum absolute atomic E-state index is 0.0332. The average molecular weight is 541 g/mol. The maximum Gasteiger partial charge on any atom is 0.433 e. The lowest BCUT2D eigenvalue weighted by Gasteiger charge is -2.38. The molecule has 0 aliphatic carbocycles. The van der Waals surface area contributed by atoms with Gasteiger partial charge in [0.15, 0.2) is 16.0 Å². The molecule has 0 amide bonds. The Morgan fingerprint density at radius 1 is 1.11 bits per heavy atom. The molecule has 13 heteroatoms. The minimum atomic E-state index is -4.66. The molecule has 1 aromatic carbocycles. The second kappa shape index (κ2) is 11.0. The number of alkyl halides is 3. The van der Waals surface area contributed by atoms with E-state index in [0.29, 0.717) is 24.8 Å². The van der Waals surface area contributed by atoms with Crippen LogP contribution in [0.3, 0.4) is 0 Å². The van der Waals surface area contributed by atoms with Crippen LogP contribution in [0, 0.1) is 0 Å². The molecule has 4 rings (SSSR count). The standard InChI is InChI=1S/C22H20ClF3N6OS2/c23-15-4-2-14(3-5-15)21(6-10-33-11-7-21)13-29-19(34)32-18-30-16(22(24,25)26)12-17(31-18)35-20-27-8-1-9-28-20/h1-5,8-9,12H,6-7,10-11,13H2,(H2,29,30,31,32,34). The van der Waals surface area contributed by atoms with Gasteiger partial charge in [-0.15, -0.1) is 0 Å². The first-order valence-electron chi connectivity index (χ1n) is 10.5. The van der Waals surface area contributed by atoms with Crippen molar-refractivity contribution in [2.45, 2.75) is 34.6 Å². The molecule has 1 saturated heterocycles. The zero-order chi connectivity index (χ0) is 24.9. The largest absolute Gasteiger partial charge is 0.433 e. The molecule has 0 radical (unpaired) electrons. The van der Waals surface area contributed by atoms with Gasteiger partial charge in [-0.1, -0.05) is 23.7 Å². The van der Waals surface area contributed by atoms with Crippen molar-refractivity contribution in [2.75, 3.05) is 25.1 Å². The molecule has 2 N–H and O–H groups in total. The van der Waals surface area contributed by atoms with Gasteiger partial charge < -0.3 is 15.4 Å². The van der Waals surface area contributed by atoms with Gasteiger partial charge in [0, 0.05) is 48.7 Å². The van der Waals surface area contributed by atoms with E-state index >= 15 is 0 Å². The molecule has 0 saturated carbocycles. The molecule has 35 heavy (non-hydrogen) atoms. The van der Waals surface area contributed by atoms with Crippen LogP contribution in [0.4, 0.5) is 19.1 Å². The number of anilines is 1. The first-order valence-corrected chi connectivity index (χ1v) is 12.1. The molecule has 3 heterocycles. The van der Waals surface area contributed by atoms with Crippen molar-refractivity contribution in [1.29, 1.82) is 0 Å². The maximum absolute atomic E-state index is 13.5. The fraction of sp³-hybridized carbons (Fsp3) is 0.318. The number of benzene rings is 1. The number of hydrogen-bond donors (Lipinski definition) is 2. The summed E-state index contributed by atoms with van der Waals surface area (Å²) in [6.45, 7) is 1.62. The van der Waals surface area contributed by atoms with Crippen LogP contribution in [0.15, 0.2) is 59.0 Å². The molecule has 1 aliphatic heterocycles. The lowest BCUT2D eigenvalue weighted by molar-refractivity contribution is -0.141. The lowest BCUT2D eigenvalue weighted by atomic mass is 9.74. The van der Waals surface area contributed by atoms with Crippen LogP contribution in [0.1, 0.15) is 24.1 Å². The first kappa shape index (κ1) is 25.5. The molecule has 1 fully saturated rings. The van der Waals surface area contributed by atoms with Crippen molar-refractivity contribution in [3.8, 4) is 0 Å². The van der Waals surface area contributed by atoms with E-state index < -0.39 is 11.9 Å². The highest BCUT2D eigenvalue weighted by molar-refractivity contribution is 7.99. The van der Waals surface area contributed by atoms with E-state index in [1.54, 1.807) is 6.07 Å². The Hall–Kier alpha value is -2.54. The third-order valence-corrected chi connectivity index (χ3v) is 6.76. The number of thiocarbonyl (C=S) groups is 1. The van der Waals surface area contributed by atoms with E-state index in [0.717, 1.165) is 36.2 Å². The third kappa shape index (κ3) is 6.78. The summed E-state index contributed by atoms with van der Waals surface area (Å²) in [5.74, 6) is -0.275. The number of hydrogen-bond acceptors (Lipinski definition) is 7. The fourth-order valence-electron chi connectivity index (χ4n) is 3.64. The highest BCUT2D eigenvalue weighted by atomic mass is 35.5. The normalized spacial score (nSPS) is 15.4. The summed E-state index contributed by atoms with van der Waals surface area (Å²) in [6.07, 6.45) is -0.176. The topological polar surface area (TPSA) is 84.9 Å². The Morgan fingerprint density at radius 2 is 1.80 bits per heavy atom. The molecule has 184 valence electrons. The van der Waals surface area contributed by atoms with Gasteiger partial charge in [-0.2, -0.15) is 13.2 Å². The average Bonchev–Trinajstić information content (AvgIpc) is 2.84. The second-order valence-corrected chi connectivity index (χ2v) is 9.59. The number of aromatic nitrogens is 4. The van der Waals surface area contributed by atoms with Crippen molar-refractivity contribution in [3.05, 3.63) is 65.1 Å². The molecular weight excluding hydrogens is 521 g/mol. The van der Waals surface area contributed by atoms with Gasteiger partial charge in [0.05, 0.1) is 0 Å². The second-order valence-electron chi connectivity index (χ2n) is 7.75. The van der Waals surface area contributed by atoms with Gasteiger partial charge in [-0.25, -0.2) is 19.9 Å². The first-order chi connectivity index (χ1) is 16.7. The van der Waals surface area contributed by atoms with Crippen LogP contribution in [-0.4, -0.2) is 44.8 Å². The zero-order valence-electron chi connectivity index (χ0n) is 18.2. The highest BCUT2D eigenvalue weighted by Gasteiger charge is 2.35. The van der Waals surface area contributed by atoms with E-state index in [4.69, 9.17) is 28.6 Å². The van der Waals surface area contributed by atoms with Gasteiger partial charge in [-0.3, -0.25) is 0 Å². The molecule has 1 aliphatic rings. The molecule has 0 spiro atoms. The molecule has 7 nitrogen and oxygen atoms in total. The summed E-state index contributed by atoms with van der Waals surface area (Å²) < 4.78 is 45.9. The van der Waals surface area contributed by atoms with Crippen molar-refractivity contribution >= 4 is 46.6 Å². The number of rotatable bonds is 6. The van der Waals surface area contributed by atoms with Crippen molar-refractivity contribution in [2.24, 2.45) is 0 Å². The highest BCUT2D eigenvalue weighted by Crippen LogP contribution is 2.35. The van der Waals surface area contributed by atoms with Crippen molar-refractivity contribution in [3.63, 3.8) is 0 Å². The Labute approximate surface area is 214 Å².